The van der Waals surface area contributed by atoms with Crippen LogP contribution in [0.25, 0.3) is 10.1 Å². The summed E-state index contributed by atoms with van der Waals surface area (Å²) in [6, 6.07) is 3.59. The molecule has 0 atom stereocenters. The maximum atomic E-state index is 8.89. The standard InChI is InChI=1S/C10H8Cl2OS/c11-7-1-2-8(12)10-9(7)6(3-4-13)5-14-10/h1-2,5,13H,3-4H2. The first-order valence-electron chi connectivity index (χ1n) is 4.19. The van der Waals surface area contributed by atoms with Crippen LogP contribution in [0.1, 0.15) is 5.56 Å². The molecule has 2 aromatic rings. The molecule has 1 heterocycles. The van der Waals surface area contributed by atoms with Crippen molar-refractivity contribution in [1.29, 1.82) is 0 Å². The van der Waals surface area contributed by atoms with Crippen molar-refractivity contribution in [2.75, 3.05) is 6.61 Å². The van der Waals surface area contributed by atoms with Crippen molar-refractivity contribution in [1.82, 2.24) is 0 Å². The Hall–Kier alpha value is -0.280. The summed E-state index contributed by atoms with van der Waals surface area (Å²) in [7, 11) is 0. The topological polar surface area (TPSA) is 20.2 Å². The quantitative estimate of drug-likeness (QED) is 0.856. The minimum absolute atomic E-state index is 0.134. The normalized spacial score (nSPS) is 11.1. The molecule has 74 valence electrons. The molecule has 2 rings (SSSR count). The molecule has 4 heteroatoms. The van der Waals surface area contributed by atoms with Crippen LogP contribution in [0.3, 0.4) is 0 Å². The fraction of sp³-hybridized carbons (Fsp3) is 0.200. The molecule has 0 radical (unpaired) electrons. The zero-order valence-corrected chi connectivity index (χ0v) is 9.59. The third kappa shape index (κ3) is 1.63. The van der Waals surface area contributed by atoms with E-state index in [1.165, 1.54) is 0 Å². The van der Waals surface area contributed by atoms with E-state index in [0.29, 0.717) is 11.4 Å². The highest BCUT2D eigenvalue weighted by Gasteiger charge is 2.09. The second kappa shape index (κ2) is 4.07. The highest BCUT2D eigenvalue weighted by molar-refractivity contribution is 7.18. The van der Waals surface area contributed by atoms with Crippen LogP contribution in [0.15, 0.2) is 17.5 Å². The fourth-order valence-corrected chi connectivity index (χ4v) is 3.10. The predicted octanol–water partition coefficient (Wildman–Crippen LogP) is 3.74. The molecule has 0 fully saturated rings. The lowest BCUT2D eigenvalue weighted by Crippen LogP contribution is -1.88. The van der Waals surface area contributed by atoms with E-state index in [1.807, 2.05) is 5.38 Å². The molecular weight excluding hydrogens is 239 g/mol. The van der Waals surface area contributed by atoms with Gasteiger partial charge in [-0.2, -0.15) is 0 Å². The molecule has 0 spiro atoms. The van der Waals surface area contributed by atoms with Crippen LogP contribution in [0.4, 0.5) is 0 Å². The van der Waals surface area contributed by atoms with Crippen LogP contribution in [0.2, 0.25) is 10.0 Å². The number of rotatable bonds is 2. The summed E-state index contributed by atoms with van der Waals surface area (Å²) in [6.07, 6.45) is 0.625. The Morgan fingerprint density at radius 3 is 2.64 bits per heavy atom. The second-order valence-electron chi connectivity index (χ2n) is 2.97. The van der Waals surface area contributed by atoms with Gasteiger partial charge in [0.25, 0.3) is 0 Å². The summed E-state index contributed by atoms with van der Waals surface area (Å²) in [4.78, 5) is 0. The molecule has 0 aliphatic carbocycles. The third-order valence-corrected chi connectivity index (χ3v) is 3.88. The molecule has 1 aromatic carbocycles. The highest BCUT2D eigenvalue weighted by atomic mass is 35.5. The zero-order chi connectivity index (χ0) is 10.1. The lowest BCUT2D eigenvalue weighted by molar-refractivity contribution is 0.300. The van der Waals surface area contributed by atoms with Crippen LogP contribution in [-0.2, 0) is 6.42 Å². The number of thiophene rings is 1. The van der Waals surface area contributed by atoms with Crippen molar-refractivity contribution in [3.63, 3.8) is 0 Å². The summed E-state index contributed by atoms with van der Waals surface area (Å²) in [5.74, 6) is 0. The van der Waals surface area contributed by atoms with E-state index in [9.17, 15) is 0 Å². The van der Waals surface area contributed by atoms with Crippen molar-refractivity contribution < 1.29 is 5.11 Å². The van der Waals surface area contributed by atoms with Crippen LogP contribution < -0.4 is 0 Å². The van der Waals surface area contributed by atoms with Gasteiger partial charge in [0.2, 0.25) is 0 Å². The molecule has 0 saturated heterocycles. The molecule has 0 amide bonds. The predicted molar refractivity (Wildman–Crippen MR) is 62.6 cm³/mol. The van der Waals surface area contributed by atoms with Crippen molar-refractivity contribution in [2.24, 2.45) is 0 Å². The van der Waals surface area contributed by atoms with Gasteiger partial charge in [-0.1, -0.05) is 23.2 Å². The third-order valence-electron chi connectivity index (χ3n) is 2.08. The van der Waals surface area contributed by atoms with Gasteiger partial charge in [-0.25, -0.2) is 0 Å². The van der Waals surface area contributed by atoms with Crippen molar-refractivity contribution in [3.05, 3.63) is 33.1 Å². The van der Waals surface area contributed by atoms with Crippen LogP contribution >= 0.6 is 34.5 Å². The van der Waals surface area contributed by atoms with Gasteiger partial charge < -0.3 is 5.11 Å². The van der Waals surface area contributed by atoms with Gasteiger partial charge >= 0.3 is 0 Å². The number of fused-ring (bicyclic) bond motifs is 1. The molecule has 0 aliphatic rings. The lowest BCUT2D eigenvalue weighted by Gasteiger charge is -1.99. The van der Waals surface area contributed by atoms with Crippen molar-refractivity contribution in [2.45, 2.75) is 6.42 Å². The van der Waals surface area contributed by atoms with Crippen molar-refractivity contribution in [3.8, 4) is 0 Å². The van der Waals surface area contributed by atoms with E-state index in [0.717, 1.165) is 20.7 Å². The molecule has 1 N–H and O–H groups in total. The zero-order valence-electron chi connectivity index (χ0n) is 7.26. The van der Waals surface area contributed by atoms with E-state index < -0.39 is 0 Å². The maximum Gasteiger partial charge on any atom is 0.0585 e. The summed E-state index contributed by atoms with van der Waals surface area (Å²) in [6.45, 7) is 0.134. The number of hydrogen-bond acceptors (Lipinski definition) is 2. The van der Waals surface area contributed by atoms with Gasteiger partial charge in [0.1, 0.15) is 0 Å². The molecule has 1 aromatic heterocycles. The molecule has 14 heavy (non-hydrogen) atoms. The van der Waals surface area contributed by atoms with Gasteiger partial charge in [-0.3, -0.25) is 0 Å². The van der Waals surface area contributed by atoms with Gasteiger partial charge in [0, 0.05) is 17.0 Å². The second-order valence-corrected chi connectivity index (χ2v) is 4.66. The molecule has 0 aliphatic heterocycles. The first-order chi connectivity index (χ1) is 6.74. The Labute approximate surface area is 95.9 Å². The summed E-state index contributed by atoms with van der Waals surface area (Å²) < 4.78 is 1.00. The first-order valence-corrected chi connectivity index (χ1v) is 5.82. The van der Waals surface area contributed by atoms with Crippen LogP contribution in [0.5, 0.6) is 0 Å². The number of hydrogen-bond donors (Lipinski definition) is 1. The van der Waals surface area contributed by atoms with E-state index in [2.05, 4.69) is 0 Å². The molecular formula is C10H8Cl2OS. The molecule has 0 bridgehead atoms. The van der Waals surface area contributed by atoms with Gasteiger partial charge in [-0.05, 0) is 29.5 Å². The van der Waals surface area contributed by atoms with Gasteiger partial charge in [0.15, 0.2) is 0 Å². The number of aliphatic hydroxyl groups is 1. The van der Waals surface area contributed by atoms with Gasteiger partial charge in [0.05, 0.1) is 9.72 Å². The minimum atomic E-state index is 0.134. The Morgan fingerprint density at radius 1 is 1.21 bits per heavy atom. The van der Waals surface area contributed by atoms with Crippen molar-refractivity contribution >= 4 is 44.6 Å². The number of benzene rings is 1. The largest absolute Gasteiger partial charge is 0.396 e. The average molecular weight is 247 g/mol. The smallest absolute Gasteiger partial charge is 0.0585 e. The minimum Gasteiger partial charge on any atom is -0.396 e. The van der Waals surface area contributed by atoms with Crippen LogP contribution in [-0.4, -0.2) is 11.7 Å². The summed E-state index contributed by atoms with van der Waals surface area (Å²) in [5, 5.41) is 13.3. The monoisotopic (exact) mass is 246 g/mol. The first kappa shape index (κ1) is 10.2. The van der Waals surface area contributed by atoms with E-state index in [-0.39, 0.29) is 6.61 Å². The number of halogens is 2. The average Bonchev–Trinajstić information content (AvgIpc) is 2.58. The Balaban J connectivity index is 2.70. The fourth-order valence-electron chi connectivity index (χ4n) is 1.44. The highest BCUT2D eigenvalue weighted by Crippen LogP contribution is 2.37. The molecule has 0 saturated carbocycles. The van der Waals surface area contributed by atoms with E-state index in [1.54, 1.807) is 23.5 Å². The Kier molecular flexibility index (Phi) is 2.98. The van der Waals surface area contributed by atoms with Crippen LogP contribution in [0, 0.1) is 0 Å². The lowest BCUT2D eigenvalue weighted by atomic mass is 10.1. The maximum absolute atomic E-state index is 8.89. The SMILES string of the molecule is OCCc1csc2c(Cl)ccc(Cl)c12. The number of aliphatic hydroxyl groups excluding tert-OH is 1. The summed E-state index contributed by atoms with van der Waals surface area (Å²) in [5.41, 5.74) is 1.07. The molecule has 1 nitrogen and oxygen atoms in total. The Bertz CT molecular complexity index is 464. The Morgan fingerprint density at radius 2 is 1.93 bits per heavy atom. The van der Waals surface area contributed by atoms with Gasteiger partial charge in [-0.15, -0.1) is 11.3 Å². The van der Waals surface area contributed by atoms with E-state index in [4.69, 9.17) is 28.3 Å². The summed E-state index contributed by atoms with van der Waals surface area (Å²) >= 11 is 13.7. The molecule has 0 unspecified atom stereocenters. The van der Waals surface area contributed by atoms with E-state index >= 15 is 0 Å².